The molecule has 0 aromatic carbocycles. The molecule has 0 aliphatic carbocycles. The number of carbonyl (C=O) groups is 1. The lowest BCUT2D eigenvalue weighted by Gasteiger charge is -2.38. The van der Waals surface area contributed by atoms with Gasteiger partial charge in [-0.1, -0.05) is 11.6 Å². The smallest absolute Gasteiger partial charge is 0.255 e. The average molecular weight is 298 g/mol. The van der Waals surface area contributed by atoms with Gasteiger partial charge in [-0.25, -0.2) is 4.98 Å². The van der Waals surface area contributed by atoms with Crippen molar-refractivity contribution < 1.29 is 9.53 Å². The summed E-state index contributed by atoms with van der Waals surface area (Å²) in [5.41, 5.74) is 0.198. The van der Waals surface area contributed by atoms with Gasteiger partial charge in [0.15, 0.2) is 0 Å². The third-order valence-corrected chi connectivity index (χ3v) is 3.43. The predicted molar refractivity (Wildman–Crippen MR) is 79.3 cm³/mol. The number of amides is 1. The molecule has 20 heavy (non-hydrogen) atoms. The number of anilines is 1. The largest absolute Gasteiger partial charge is 0.372 e. The maximum absolute atomic E-state index is 12.5. The number of pyridine rings is 1. The lowest BCUT2D eigenvalue weighted by atomic mass is 10.1. The van der Waals surface area contributed by atoms with E-state index in [-0.39, 0.29) is 11.5 Å². The van der Waals surface area contributed by atoms with Crippen LogP contribution < -0.4 is 5.32 Å². The van der Waals surface area contributed by atoms with Gasteiger partial charge in [0.2, 0.25) is 0 Å². The summed E-state index contributed by atoms with van der Waals surface area (Å²) in [6.45, 7) is 8.37. The number of carbonyl (C=O) groups excluding carboxylic acids is 1. The van der Waals surface area contributed by atoms with E-state index < -0.39 is 0 Å². The zero-order chi connectivity index (χ0) is 14.8. The normalized spacial score (nSPS) is 17.9. The van der Waals surface area contributed by atoms with Crippen LogP contribution in [0.3, 0.4) is 0 Å². The highest BCUT2D eigenvalue weighted by atomic mass is 35.5. The highest BCUT2D eigenvalue weighted by Crippen LogP contribution is 2.23. The standard InChI is InChI=1S/C14H20ClN3O2/c1-4-16-12-11(15)7-10(8-17-12)13(19)18-5-6-20-14(2,3)9-18/h7-8H,4-6,9H2,1-3H3,(H,16,17). The second-order valence-corrected chi connectivity index (χ2v) is 5.83. The monoisotopic (exact) mass is 297 g/mol. The Hall–Kier alpha value is -1.33. The van der Waals surface area contributed by atoms with Crippen LogP contribution in [0.15, 0.2) is 12.3 Å². The van der Waals surface area contributed by atoms with Gasteiger partial charge in [-0.2, -0.15) is 0 Å². The molecule has 6 heteroatoms. The van der Waals surface area contributed by atoms with Crippen LogP contribution in [0.5, 0.6) is 0 Å². The first kappa shape index (κ1) is 15.1. The highest BCUT2D eigenvalue weighted by molar-refractivity contribution is 6.33. The lowest BCUT2D eigenvalue weighted by molar-refractivity contribution is -0.0764. The van der Waals surface area contributed by atoms with Crippen molar-refractivity contribution in [2.45, 2.75) is 26.4 Å². The Labute approximate surface area is 124 Å². The van der Waals surface area contributed by atoms with Crippen LogP contribution in [0, 0.1) is 0 Å². The molecular weight excluding hydrogens is 278 g/mol. The van der Waals surface area contributed by atoms with E-state index in [1.54, 1.807) is 17.2 Å². The van der Waals surface area contributed by atoms with E-state index in [0.29, 0.717) is 36.1 Å². The molecule has 1 aromatic heterocycles. The fourth-order valence-corrected chi connectivity index (χ4v) is 2.46. The van der Waals surface area contributed by atoms with Crippen LogP contribution in [0.1, 0.15) is 31.1 Å². The molecule has 0 radical (unpaired) electrons. The van der Waals surface area contributed by atoms with E-state index >= 15 is 0 Å². The fraction of sp³-hybridized carbons (Fsp3) is 0.571. The van der Waals surface area contributed by atoms with Crippen LogP contribution in [-0.2, 0) is 4.74 Å². The quantitative estimate of drug-likeness (QED) is 0.931. The number of hydrogen-bond acceptors (Lipinski definition) is 4. The number of aromatic nitrogens is 1. The summed E-state index contributed by atoms with van der Waals surface area (Å²) in [7, 11) is 0. The lowest BCUT2D eigenvalue weighted by Crippen LogP contribution is -2.50. The second kappa shape index (κ2) is 5.97. The summed E-state index contributed by atoms with van der Waals surface area (Å²) in [5.74, 6) is 0.548. The minimum Gasteiger partial charge on any atom is -0.372 e. The first-order valence-corrected chi connectivity index (χ1v) is 7.13. The molecule has 5 nitrogen and oxygen atoms in total. The third-order valence-electron chi connectivity index (χ3n) is 3.15. The topological polar surface area (TPSA) is 54.5 Å². The summed E-state index contributed by atoms with van der Waals surface area (Å²) < 4.78 is 5.61. The van der Waals surface area contributed by atoms with Crippen molar-refractivity contribution in [1.82, 2.24) is 9.88 Å². The number of halogens is 1. The van der Waals surface area contributed by atoms with Crippen LogP contribution in [0.25, 0.3) is 0 Å². The van der Waals surface area contributed by atoms with Gasteiger partial charge in [0, 0.05) is 25.8 Å². The molecular formula is C14H20ClN3O2. The molecule has 1 aliphatic heterocycles. The molecule has 1 amide bonds. The number of hydrogen-bond donors (Lipinski definition) is 1. The van der Waals surface area contributed by atoms with Gasteiger partial charge in [0.25, 0.3) is 5.91 Å². The van der Waals surface area contributed by atoms with Crippen molar-refractivity contribution in [3.05, 3.63) is 22.8 Å². The minimum atomic E-state index is -0.311. The number of ether oxygens (including phenoxy) is 1. The molecule has 0 bridgehead atoms. The number of morpholine rings is 1. The van der Waals surface area contributed by atoms with Crippen LogP contribution in [0.4, 0.5) is 5.82 Å². The van der Waals surface area contributed by atoms with Crippen LogP contribution in [0.2, 0.25) is 5.02 Å². The average Bonchev–Trinajstić information content (AvgIpc) is 2.39. The summed E-state index contributed by atoms with van der Waals surface area (Å²) in [6, 6.07) is 1.66. The summed E-state index contributed by atoms with van der Waals surface area (Å²) >= 11 is 6.13. The predicted octanol–water partition coefficient (Wildman–Crippen LogP) is 2.42. The second-order valence-electron chi connectivity index (χ2n) is 5.42. The van der Waals surface area contributed by atoms with Gasteiger partial charge in [-0.05, 0) is 26.8 Å². The van der Waals surface area contributed by atoms with E-state index in [0.717, 1.165) is 6.54 Å². The number of rotatable bonds is 3. The molecule has 0 unspecified atom stereocenters. The van der Waals surface area contributed by atoms with Crippen molar-refractivity contribution >= 4 is 23.3 Å². The maximum Gasteiger partial charge on any atom is 0.255 e. The van der Waals surface area contributed by atoms with Crippen molar-refractivity contribution in [3.63, 3.8) is 0 Å². The maximum atomic E-state index is 12.5. The number of nitrogens with zero attached hydrogens (tertiary/aromatic N) is 2. The van der Waals surface area contributed by atoms with Crippen molar-refractivity contribution in [1.29, 1.82) is 0 Å². The van der Waals surface area contributed by atoms with Crippen molar-refractivity contribution in [3.8, 4) is 0 Å². The molecule has 1 saturated heterocycles. The van der Waals surface area contributed by atoms with E-state index in [2.05, 4.69) is 10.3 Å². The SMILES string of the molecule is CCNc1ncc(C(=O)N2CCOC(C)(C)C2)cc1Cl. The van der Waals surface area contributed by atoms with Gasteiger partial charge in [0.05, 0.1) is 22.8 Å². The molecule has 0 saturated carbocycles. The molecule has 2 rings (SSSR count). The number of nitrogens with one attached hydrogen (secondary N) is 1. The molecule has 0 spiro atoms. The van der Waals surface area contributed by atoms with Gasteiger partial charge >= 0.3 is 0 Å². The van der Waals surface area contributed by atoms with Crippen LogP contribution >= 0.6 is 11.6 Å². The highest BCUT2D eigenvalue weighted by Gasteiger charge is 2.30. The van der Waals surface area contributed by atoms with Crippen LogP contribution in [-0.4, -0.2) is 47.6 Å². The Morgan fingerprint density at radius 2 is 2.35 bits per heavy atom. The van der Waals surface area contributed by atoms with E-state index in [4.69, 9.17) is 16.3 Å². The molecule has 1 fully saturated rings. The zero-order valence-electron chi connectivity index (χ0n) is 12.1. The van der Waals surface area contributed by atoms with E-state index in [1.165, 1.54) is 0 Å². The Balaban J connectivity index is 2.15. The summed E-state index contributed by atoms with van der Waals surface area (Å²) in [6.07, 6.45) is 1.56. The molecule has 1 aromatic rings. The summed E-state index contributed by atoms with van der Waals surface area (Å²) in [5, 5.41) is 3.51. The Bertz CT molecular complexity index is 505. The Kier molecular flexibility index (Phi) is 4.50. The van der Waals surface area contributed by atoms with Gasteiger partial charge in [-0.15, -0.1) is 0 Å². The Morgan fingerprint density at radius 1 is 1.60 bits per heavy atom. The van der Waals surface area contributed by atoms with Gasteiger partial charge in [0.1, 0.15) is 5.82 Å². The minimum absolute atomic E-state index is 0.0566. The van der Waals surface area contributed by atoms with Crippen molar-refractivity contribution in [2.24, 2.45) is 0 Å². The first-order chi connectivity index (χ1) is 9.43. The van der Waals surface area contributed by atoms with Crippen molar-refractivity contribution in [2.75, 3.05) is 31.6 Å². The zero-order valence-corrected chi connectivity index (χ0v) is 12.8. The molecule has 1 N–H and O–H groups in total. The molecule has 2 heterocycles. The Morgan fingerprint density at radius 3 is 2.95 bits per heavy atom. The third kappa shape index (κ3) is 3.41. The fourth-order valence-electron chi connectivity index (χ4n) is 2.22. The summed E-state index contributed by atoms with van der Waals surface area (Å²) in [4.78, 5) is 18.4. The molecule has 110 valence electrons. The molecule has 1 aliphatic rings. The van der Waals surface area contributed by atoms with E-state index in [1.807, 2.05) is 20.8 Å². The van der Waals surface area contributed by atoms with E-state index in [9.17, 15) is 4.79 Å². The van der Waals surface area contributed by atoms with Gasteiger partial charge in [-0.3, -0.25) is 4.79 Å². The first-order valence-electron chi connectivity index (χ1n) is 6.75. The molecule has 0 atom stereocenters. The van der Waals surface area contributed by atoms with Gasteiger partial charge < -0.3 is 15.0 Å².